The Morgan fingerprint density at radius 2 is 1.75 bits per heavy atom. The van der Waals surface area contributed by atoms with Crippen LogP contribution in [0, 0.1) is 5.92 Å². The molecule has 0 saturated heterocycles. The van der Waals surface area contributed by atoms with E-state index in [1.54, 1.807) is 0 Å². The summed E-state index contributed by atoms with van der Waals surface area (Å²) in [7, 11) is 0. The minimum absolute atomic E-state index is 0.358. The second-order valence-corrected chi connectivity index (χ2v) is 4.32. The Balaban J connectivity index is 2.51. The lowest BCUT2D eigenvalue weighted by Crippen LogP contribution is -2.07. The first-order valence-corrected chi connectivity index (χ1v) is 6.08. The smallest absolute Gasteiger partial charge is 0.119 e. The van der Waals surface area contributed by atoms with Gasteiger partial charge in [-0.05, 0) is 30.0 Å². The standard InChI is InChI=1S/C14H22O2/c1-4-11(3)10-16-13-8-6-12(7-9-13)14(15)5-2/h6-9,11,14-15H,4-5,10H2,1-3H3/t11?,14-/m0/s1. The number of hydrogen-bond donors (Lipinski definition) is 1. The fraction of sp³-hybridized carbons (Fsp3) is 0.571. The largest absolute Gasteiger partial charge is 0.493 e. The van der Waals surface area contributed by atoms with Gasteiger partial charge in [0, 0.05) is 0 Å². The van der Waals surface area contributed by atoms with Crippen LogP contribution in [0.5, 0.6) is 5.75 Å². The normalized spacial score (nSPS) is 14.5. The van der Waals surface area contributed by atoms with Gasteiger partial charge in [0.2, 0.25) is 0 Å². The van der Waals surface area contributed by atoms with E-state index < -0.39 is 0 Å². The van der Waals surface area contributed by atoms with Crippen molar-refractivity contribution in [1.29, 1.82) is 0 Å². The maximum absolute atomic E-state index is 9.64. The number of aliphatic hydroxyl groups excluding tert-OH is 1. The maximum Gasteiger partial charge on any atom is 0.119 e. The summed E-state index contributed by atoms with van der Waals surface area (Å²) in [5, 5.41) is 9.64. The average Bonchev–Trinajstić information content (AvgIpc) is 2.35. The molecule has 0 radical (unpaired) electrons. The molecule has 0 bridgehead atoms. The molecule has 0 aliphatic heterocycles. The van der Waals surface area contributed by atoms with Gasteiger partial charge in [0.1, 0.15) is 5.75 Å². The average molecular weight is 222 g/mol. The molecule has 0 aliphatic carbocycles. The van der Waals surface area contributed by atoms with Crippen LogP contribution in [0.2, 0.25) is 0 Å². The SMILES string of the molecule is CCC(C)COc1ccc([C@@H](O)CC)cc1. The Morgan fingerprint density at radius 1 is 1.12 bits per heavy atom. The van der Waals surface area contributed by atoms with Crippen molar-refractivity contribution in [2.24, 2.45) is 5.92 Å². The molecule has 1 aromatic carbocycles. The van der Waals surface area contributed by atoms with E-state index >= 15 is 0 Å². The van der Waals surface area contributed by atoms with Gasteiger partial charge in [0.25, 0.3) is 0 Å². The third-order valence-electron chi connectivity index (χ3n) is 2.88. The van der Waals surface area contributed by atoms with Gasteiger partial charge in [-0.25, -0.2) is 0 Å². The molecular formula is C14H22O2. The molecule has 0 saturated carbocycles. The molecule has 1 N–H and O–H groups in total. The lowest BCUT2D eigenvalue weighted by Gasteiger charge is -2.12. The van der Waals surface area contributed by atoms with Crippen LogP contribution >= 0.6 is 0 Å². The first kappa shape index (κ1) is 13.0. The van der Waals surface area contributed by atoms with Crippen LogP contribution in [-0.2, 0) is 0 Å². The Labute approximate surface area is 98.3 Å². The first-order valence-electron chi connectivity index (χ1n) is 6.08. The van der Waals surface area contributed by atoms with Crippen LogP contribution in [-0.4, -0.2) is 11.7 Å². The van der Waals surface area contributed by atoms with Crippen LogP contribution in [0.15, 0.2) is 24.3 Å². The highest BCUT2D eigenvalue weighted by atomic mass is 16.5. The summed E-state index contributed by atoms with van der Waals surface area (Å²) in [6.07, 6.45) is 1.52. The molecule has 2 atom stereocenters. The molecule has 2 heteroatoms. The number of hydrogen-bond acceptors (Lipinski definition) is 2. The molecule has 2 nitrogen and oxygen atoms in total. The number of benzene rings is 1. The van der Waals surface area contributed by atoms with Gasteiger partial charge >= 0.3 is 0 Å². The highest BCUT2D eigenvalue weighted by Gasteiger charge is 2.05. The van der Waals surface area contributed by atoms with Crippen LogP contribution < -0.4 is 4.74 Å². The quantitative estimate of drug-likeness (QED) is 0.797. The molecule has 90 valence electrons. The Hall–Kier alpha value is -1.02. The van der Waals surface area contributed by atoms with Gasteiger partial charge in [0.15, 0.2) is 0 Å². The minimum atomic E-state index is -0.358. The molecule has 1 rings (SSSR count). The van der Waals surface area contributed by atoms with Crippen LogP contribution in [0.1, 0.15) is 45.3 Å². The van der Waals surface area contributed by atoms with Crippen molar-refractivity contribution in [2.45, 2.75) is 39.7 Å². The molecule has 16 heavy (non-hydrogen) atoms. The maximum atomic E-state index is 9.64. The van der Waals surface area contributed by atoms with E-state index in [2.05, 4.69) is 13.8 Å². The Morgan fingerprint density at radius 3 is 2.25 bits per heavy atom. The molecule has 0 aromatic heterocycles. The summed E-state index contributed by atoms with van der Waals surface area (Å²) in [5.41, 5.74) is 0.957. The highest BCUT2D eigenvalue weighted by Crippen LogP contribution is 2.20. The van der Waals surface area contributed by atoms with E-state index in [9.17, 15) is 5.11 Å². The van der Waals surface area contributed by atoms with Gasteiger partial charge < -0.3 is 9.84 Å². The highest BCUT2D eigenvalue weighted by molar-refractivity contribution is 5.28. The van der Waals surface area contributed by atoms with Gasteiger partial charge in [0.05, 0.1) is 12.7 Å². The van der Waals surface area contributed by atoms with E-state index in [1.807, 2.05) is 31.2 Å². The fourth-order valence-electron chi connectivity index (χ4n) is 1.38. The number of ether oxygens (including phenoxy) is 1. The number of rotatable bonds is 6. The van der Waals surface area contributed by atoms with E-state index in [4.69, 9.17) is 4.74 Å². The van der Waals surface area contributed by atoms with E-state index in [0.717, 1.165) is 30.8 Å². The van der Waals surface area contributed by atoms with E-state index in [-0.39, 0.29) is 6.10 Å². The predicted molar refractivity (Wildman–Crippen MR) is 66.6 cm³/mol. The van der Waals surface area contributed by atoms with Crippen LogP contribution in [0.3, 0.4) is 0 Å². The van der Waals surface area contributed by atoms with Crippen molar-refractivity contribution < 1.29 is 9.84 Å². The van der Waals surface area contributed by atoms with Crippen LogP contribution in [0.25, 0.3) is 0 Å². The Bertz CT molecular complexity index is 292. The van der Waals surface area contributed by atoms with Gasteiger partial charge in [-0.3, -0.25) is 0 Å². The van der Waals surface area contributed by atoms with Gasteiger partial charge in [-0.15, -0.1) is 0 Å². The zero-order valence-corrected chi connectivity index (χ0v) is 10.4. The summed E-state index contributed by atoms with van der Waals surface area (Å²) in [6.45, 7) is 7.06. The lowest BCUT2D eigenvalue weighted by molar-refractivity contribution is 0.173. The molecule has 0 heterocycles. The summed E-state index contributed by atoms with van der Waals surface area (Å²) >= 11 is 0. The molecule has 0 fully saturated rings. The van der Waals surface area contributed by atoms with E-state index in [1.165, 1.54) is 0 Å². The fourth-order valence-corrected chi connectivity index (χ4v) is 1.38. The van der Waals surface area contributed by atoms with Gasteiger partial charge in [-0.1, -0.05) is 39.3 Å². The summed E-state index contributed by atoms with van der Waals surface area (Å²) in [5.74, 6) is 1.47. The molecule has 0 amide bonds. The molecule has 0 aliphatic rings. The molecular weight excluding hydrogens is 200 g/mol. The third-order valence-corrected chi connectivity index (χ3v) is 2.88. The lowest BCUT2D eigenvalue weighted by atomic mass is 10.1. The van der Waals surface area contributed by atoms with Crippen molar-refractivity contribution in [3.8, 4) is 5.75 Å². The molecule has 1 unspecified atom stereocenters. The molecule has 0 spiro atoms. The van der Waals surface area contributed by atoms with Crippen molar-refractivity contribution in [3.05, 3.63) is 29.8 Å². The summed E-state index contributed by atoms with van der Waals surface area (Å²) < 4.78 is 5.65. The zero-order valence-electron chi connectivity index (χ0n) is 10.4. The summed E-state index contributed by atoms with van der Waals surface area (Å²) in [4.78, 5) is 0. The van der Waals surface area contributed by atoms with Crippen molar-refractivity contribution in [2.75, 3.05) is 6.61 Å². The monoisotopic (exact) mass is 222 g/mol. The van der Waals surface area contributed by atoms with Crippen molar-refractivity contribution in [3.63, 3.8) is 0 Å². The van der Waals surface area contributed by atoms with Gasteiger partial charge in [-0.2, -0.15) is 0 Å². The van der Waals surface area contributed by atoms with Crippen LogP contribution in [0.4, 0.5) is 0 Å². The van der Waals surface area contributed by atoms with Crippen molar-refractivity contribution in [1.82, 2.24) is 0 Å². The predicted octanol–water partition coefficient (Wildman–Crippen LogP) is 3.55. The number of aliphatic hydroxyl groups is 1. The third kappa shape index (κ3) is 3.86. The van der Waals surface area contributed by atoms with Crippen molar-refractivity contribution >= 4 is 0 Å². The first-order chi connectivity index (χ1) is 7.67. The second kappa shape index (κ2) is 6.54. The Kier molecular flexibility index (Phi) is 5.33. The second-order valence-electron chi connectivity index (χ2n) is 4.32. The molecule has 1 aromatic rings. The topological polar surface area (TPSA) is 29.5 Å². The van der Waals surface area contributed by atoms with E-state index in [0.29, 0.717) is 5.92 Å². The minimum Gasteiger partial charge on any atom is -0.493 e. The zero-order chi connectivity index (χ0) is 12.0. The summed E-state index contributed by atoms with van der Waals surface area (Å²) in [6, 6.07) is 7.72.